The summed E-state index contributed by atoms with van der Waals surface area (Å²) in [7, 11) is 0. The van der Waals surface area contributed by atoms with Crippen LogP contribution in [0.1, 0.15) is 189 Å². The fourth-order valence-corrected chi connectivity index (χ4v) is 5.78. The zero-order chi connectivity index (χ0) is 61.9. The lowest BCUT2D eigenvalue weighted by molar-refractivity contribution is 0.508. The van der Waals surface area contributed by atoms with Gasteiger partial charge in [0, 0.05) is 43.3 Å². The molecule has 1 aliphatic rings. The Balaban J connectivity index is 0.00000373. The summed E-state index contributed by atoms with van der Waals surface area (Å²) in [4.78, 5) is 9.73. The van der Waals surface area contributed by atoms with Crippen LogP contribution in [-0.4, -0.2) is 18.6 Å². The summed E-state index contributed by atoms with van der Waals surface area (Å²) < 4.78 is -1.50. The van der Waals surface area contributed by atoms with E-state index in [1.807, 2.05) is 36.4 Å². The summed E-state index contributed by atoms with van der Waals surface area (Å²) >= 11 is 28.8. The van der Waals surface area contributed by atoms with Crippen molar-refractivity contribution < 1.29 is 0 Å². The van der Waals surface area contributed by atoms with Gasteiger partial charge in [-0.3, -0.25) is 0 Å². The number of nitrogens with zero attached hydrogens (tertiary/aromatic N) is 2. The van der Waals surface area contributed by atoms with Crippen LogP contribution in [-0.2, 0) is 0 Å². The van der Waals surface area contributed by atoms with Gasteiger partial charge in [0.15, 0.2) is 8.59 Å². The van der Waals surface area contributed by atoms with E-state index in [4.69, 9.17) is 79.6 Å². The molecule has 2 aromatic rings. The molecule has 8 heteroatoms. The number of aromatic nitrogens is 2. The van der Waals surface area contributed by atoms with Gasteiger partial charge in [0.25, 0.3) is 0 Å². The van der Waals surface area contributed by atoms with Gasteiger partial charge in [0.05, 0.1) is 44.6 Å². The van der Waals surface area contributed by atoms with E-state index in [1.165, 1.54) is 0 Å². The third-order valence-electron chi connectivity index (χ3n) is 10.6. The maximum Gasteiger partial charge on any atom is 0.180 e. The van der Waals surface area contributed by atoms with Crippen molar-refractivity contribution in [3.8, 4) is 94.7 Å². The number of rotatable bonds is 0. The highest BCUT2D eigenvalue weighted by Crippen LogP contribution is 2.33. The molecule has 0 atom stereocenters. The van der Waals surface area contributed by atoms with Crippen molar-refractivity contribution in [2.45, 2.75) is 175 Å². The topological polar surface area (TPSA) is 25.8 Å². The van der Waals surface area contributed by atoms with Crippen molar-refractivity contribution >= 4 is 69.6 Å². The Bertz CT molecular complexity index is 2970. The van der Waals surface area contributed by atoms with Crippen molar-refractivity contribution in [2.24, 2.45) is 43.3 Å². The van der Waals surface area contributed by atoms with Crippen LogP contribution in [0, 0.1) is 138 Å². The molecule has 0 radical (unpaired) electrons. The van der Waals surface area contributed by atoms with Crippen molar-refractivity contribution in [1.29, 1.82) is 0 Å². The standard InChI is InChI=1S/C70H78N2.2CHCl3/c1-63(2,3)51-31-25-26-32-52(64(4,5)6)48-56(68(16,17)18)40-45-61-37-30-38-62(72-61)46-42-58(70(22,23)24)50-54(66(10,11)12)34-28-27-33-53(65(7,8)9)49-57(69(19,20)21)41-44-60-36-29-35-59(71-60)43-39-55(47-51)67(13,14)15;2*2-1(3)4/h29-30,35-38H,1-24H3;2*1H. The predicted octanol–water partition coefficient (Wildman–Crippen LogP) is 19.8. The van der Waals surface area contributed by atoms with Crippen molar-refractivity contribution in [3.05, 3.63) is 127 Å². The maximum atomic E-state index is 4.86. The zero-order valence-electron chi connectivity index (χ0n) is 51.8. The molecule has 0 aromatic carbocycles. The average Bonchev–Trinajstić information content (AvgIpc) is 3.25. The molecule has 0 fully saturated rings. The van der Waals surface area contributed by atoms with Gasteiger partial charge in [-0.1, -0.05) is 295 Å². The van der Waals surface area contributed by atoms with E-state index >= 15 is 0 Å². The predicted molar refractivity (Wildman–Crippen MR) is 348 cm³/mol. The van der Waals surface area contributed by atoms with Crippen molar-refractivity contribution in [2.75, 3.05) is 0 Å². The second-order valence-electron chi connectivity index (χ2n) is 26.8. The second kappa shape index (κ2) is 30.6. The number of allylic oxidation sites excluding steroid dienone is 4. The second-order valence-corrected chi connectivity index (χ2v) is 30.8. The number of halogens is 6. The first-order chi connectivity index (χ1) is 36.2. The van der Waals surface area contributed by atoms with E-state index in [1.54, 1.807) is 0 Å². The fraction of sp³-hybridized carbons (Fsp3) is 0.472. The molecule has 0 amide bonds. The van der Waals surface area contributed by atoms with Crippen LogP contribution < -0.4 is 0 Å². The molecular formula is C72H80Cl6N2. The minimum atomic E-state index is -0.750. The zero-order valence-corrected chi connectivity index (χ0v) is 56.3. The Hall–Kier alpha value is -5.40. The molecule has 0 N–H and O–H groups in total. The lowest BCUT2D eigenvalue weighted by Crippen LogP contribution is -2.11. The van der Waals surface area contributed by atoms with Crippen LogP contribution in [0.15, 0.2) is 104 Å². The monoisotopic (exact) mass is 1180 g/mol. The van der Waals surface area contributed by atoms with Gasteiger partial charge in [0.2, 0.25) is 0 Å². The number of alkyl halides is 6. The Morgan fingerprint density at radius 2 is 0.388 bits per heavy atom. The summed E-state index contributed by atoms with van der Waals surface area (Å²) in [5, 5.41) is 0. The molecule has 420 valence electrons. The Morgan fingerprint density at radius 3 is 0.525 bits per heavy atom. The van der Waals surface area contributed by atoms with E-state index in [2.05, 4.69) is 284 Å². The lowest BCUT2D eigenvalue weighted by atomic mass is 9.82. The van der Waals surface area contributed by atoms with E-state index in [0.717, 1.165) is 44.6 Å². The van der Waals surface area contributed by atoms with Crippen LogP contribution in [0.3, 0.4) is 0 Å². The molecule has 1 aliphatic heterocycles. The van der Waals surface area contributed by atoms with Crippen LogP contribution in [0.2, 0.25) is 0 Å². The molecule has 0 aliphatic carbocycles. The molecule has 2 nitrogen and oxygen atoms in total. The summed E-state index contributed by atoms with van der Waals surface area (Å²) in [5.74, 6) is 53.0. The van der Waals surface area contributed by atoms with Crippen molar-refractivity contribution in [1.82, 2.24) is 9.97 Å². The number of pyridine rings is 2. The Kier molecular flexibility index (Phi) is 27.8. The first-order valence-corrected chi connectivity index (χ1v) is 28.8. The first-order valence-electron chi connectivity index (χ1n) is 26.2. The largest absolute Gasteiger partial charge is 0.231 e. The molecule has 80 heavy (non-hydrogen) atoms. The highest BCUT2D eigenvalue weighted by atomic mass is 35.6. The maximum absolute atomic E-state index is 4.86. The summed E-state index contributed by atoms with van der Waals surface area (Å²) in [5.41, 5.74) is 20.7. The highest BCUT2D eigenvalue weighted by Gasteiger charge is 2.24. The average molecular weight is 1190 g/mol. The molecule has 0 spiro atoms. The number of hydrogen-bond donors (Lipinski definition) is 0. The lowest BCUT2D eigenvalue weighted by Gasteiger charge is -2.20. The summed E-state index contributed by atoms with van der Waals surface area (Å²) in [6.07, 6.45) is 0. The third kappa shape index (κ3) is 29.4. The molecule has 3 rings (SSSR count). The number of fused-ring (bicyclic) bond motifs is 4. The van der Waals surface area contributed by atoms with Gasteiger partial charge in [-0.25, -0.2) is 9.97 Å². The first kappa shape index (κ1) is 72.6. The van der Waals surface area contributed by atoms with Crippen LogP contribution in [0.25, 0.3) is 0 Å². The van der Waals surface area contributed by atoms with E-state index in [9.17, 15) is 0 Å². The van der Waals surface area contributed by atoms with Gasteiger partial charge in [-0.2, -0.15) is 0 Å². The van der Waals surface area contributed by atoms with Gasteiger partial charge < -0.3 is 0 Å². The Labute approximate surface area is 515 Å². The summed E-state index contributed by atoms with van der Waals surface area (Å²) in [6, 6.07) is 11.5. The minimum Gasteiger partial charge on any atom is -0.231 e. The van der Waals surface area contributed by atoms with Gasteiger partial charge in [0.1, 0.15) is 22.8 Å². The van der Waals surface area contributed by atoms with Gasteiger partial charge in [-0.05, 0) is 95.3 Å². The minimum absolute atomic E-state index is 0.332. The van der Waals surface area contributed by atoms with Crippen LogP contribution in [0.4, 0.5) is 0 Å². The van der Waals surface area contributed by atoms with E-state index in [-0.39, 0.29) is 43.3 Å². The van der Waals surface area contributed by atoms with Gasteiger partial charge in [-0.15, -0.1) is 0 Å². The van der Waals surface area contributed by atoms with Crippen LogP contribution in [0.5, 0.6) is 0 Å². The molecular weight excluding hydrogens is 1110 g/mol. The fourth-order valence-electron chi connectivity index (χ4n) is 5.78. The molecule has 2 aromatic heterocycles. The van der Waals surface area contributed by atoms with E-state index in [0.29, 0.717) is 22.8 Å². The molecule has 0 saturated heterocycles. The summed E-state index contributed by atoms with van der Waals surface area (Å²) in [6.45, 7) is 51.1. The smallest absolute Gasteiger partial charge is 0.180 e. The molecule has 0 unspecified atom stereocenters. The third-order valence-corrected chi connectivity index (χ3v) is 10.6. The van der Waals surface area contributed by atoms with Crippen LogP contribution >= 0.6 is 69.6 Å². The molecule has 4 bridgehead atoms. The van der Waals surface area contributed by atoms with Gasteiger partial charge >= 0.3 is 0 Å². The quantitative estimate of drug-likeness (QED) is 0.149. The SMILES string of the molecule is CC(C)(C)C1=C=C(C(C)(C)C)C#Cc2cccc(n2)C#CC(C(C)(C)C)=C=C(C(C)(C)C)C#CC#CC(C(C)(C)C)=C=C(C(C)(C)C)C#Cc2cccc(n2)C#CC(C(C)(C)C)=C=C(C(C)(C)C)C#CC#C1.ClC(Cl)Cl.ClC(Cl)Cl. The highest BCUT2D eigenvalue weighted by molar-refractivity contribution is 6.63. The molecule has 0 saturated carbocycles. The van der Waals surface area contributed by atoms with Crippen molar-refractivity contribution in [3.63, 3.8) is 0 Å². The molecule has 3 heterocycles. The Morgan fingerprint density at radius 1 is 0.250 bits per heavy atom. The van der Waals surface area contributed by atoms with E-state index < -0.39 is 8.59 Å². The number of hydrogen-bond acceptors (Lipinski definition) is 2. The normalized spacial score (nSPS) is 13.9.